The summed E-state index contributed by atoms with van der Waals surface area (Å²) in [6, 6.07) is 7.98. The van der Waals surface area contributed by atoms with Crippen LogP contribution in [0.4, 0.5) is 20.6 Å². The van der Waals surface area contributed by atoms with E-state index >= 15 is 0 Å². The summed E-state index contributed by atoms with van der Waals surface area (Å²) < 4.78 is 17.9. The Morgan fingerprint density at radius 1 is 1.21 bits per heavy atom. The summed E-state index contributed by atoms with van der Waals surface area (Å²) in [7, 11) is 0. The van der Waals surface area contributed by atoms with Crippen molar-refractivity contribution in [3.8, 4) is 0 Å². The molecule has 8 heteroatoms. The van der Waals surface area contributed by atoms with Gasteiger partial charge in [0.15, 0.2) is 0 Å². The number of amides is 1. The number of carbonyl (C=O) groups excluding carboxylic acids is 1. The van der Waals surface area contributed by atoms with Crippen LogP contribution < -0.4 is 15.1 Å². The highest BCUT2D eigenvalue weighted by atomic mass is 32.1. The summed E-state index contributed by atoms with van der Waals surface area (Å²) in [5.41, 5.74) is 1.95. The second-order valence-electron chi connectivity index (χ2n) is 7.55. The normalized spacial score (nSPS) is 20.6. The Balaban J connectivity index is 1.53. The van der Waals surface area contributed by atoms with Gasteiger partial charge in [-0.3, -0.25) is 9.80 Å². The quantitative estimate of drug-likeness (QED) is 0.700. The Labute approximate surface area is 171 Å². The number of hydrogen-bond acceptors (Lipinski definition) is 5. The number of halogens is 1. The molecule has 0 spiro atoms. The van der Waals surface area contributed by atoms with Gasteiger partial charge in [-0.15, -0.1) is 0 Å². The zero-order valence-corrected chi connectivity index (χ0v) is 17.4. The molecule has 0 bridgehead atoms. The lowest BCUT2D eigenvalue weighted by Crippen LogP contribution is -2.47. The van der Waals surface area contributed by atoms with Crippen molar-refractivity contribution < 1.29 is 13.9 Å². The molecule has 0 aliphatic carbocycles. The van der Waals surface area contributed by atoms with Crippen molar-refractivity contribution in [3.05, 3.63) is 24.3 Å². The zero-order valence-electron chi connectivity index (χ0n) is 16.6. The first-order valence-corrected chi connectivity index (χ1v) is 10.3. The zero-order chi connectivity index (χ0) is 20.1. The molecule has 3 rings (SSSR count). The SMILES string of the molecule is CC(C)C(=S)NC[C@H]1CN(c2ccc(N3CCN(CCF)CC3)cc2)C(=O)O1. The average Bonchev–Trinajstić information content (AvgIpc) is 3.07. The highest BCUT2D eigenvalue weighted by molar-refractivity contribution is 7.80. The van der Waals surface area contributed by atoms with Crippen LogP contribution in [-0.2, 0) is 4.74 Å². The predicted octanol–water partition coefficient (Wildman–Crippen LogP) is 2.68. The van der Waals surface area contributed by atoms with Gasteiger partial charge in [-0.2, -0.15) is 0 Å². The number of hydrogen-bond donors (Lipinski definition) is 1. The summed E-state index contributed by atoms with van der Waals surface area (Å²) >= 11 is 5.27. The largest absolute Gasteiger partial charge is 0.442 e. The van der Waals surface area contributed by atoms with E-state index in [0.29, 0.717) is 19.6 Å². The Kier molecular flexibility index (Phi) is 7.07. The van der Waals surface area contributed by atoms with E-state index in [4.69, 9.17) is 17.0 Å². The molecule has 0 radical (unpaired) electrons. The number of carbonyl (C=O) groups is 1. The first-order chi connectivity index (χ1) is 13.5. The van der Waals surface area contributed by atoms with Crippen LogP contribution in [0.2, 0.25) is 0 Å². The van der Waals surface area contributed by atoms with Crippen molar-refractivity contribution in [1.82, 2.24) is 10.2 Å². The maximum absolute atomic E-state index is 12.5. The number of anilines is 2. The van der Waals surface area contributed by atoms with Gasteiger partial charge in [0.25, 0.3) is 0 Å². The van der Waals surface area contributed by atoms with E-state index < -0.39 is 0 Å². The maximum Gasteiger partial charge on any atom is 0.414 e. The Hall–Kier alpha value is -1.93. The van der Waals surface area contributed by atoms with Crippen molar-refractivity contribution in [1.29, 1.82) is 0 Å². The lowest BCUT2D eigenvalue weighted by atomic mass is 10.2. The molecule has 2 aliphatic rings. The topological polar surface area (TPSA) is 48.0 Å². The third-order valence-corrected chi connectivity index (χ3v) is 5.82. The van der Waals surface area contributed by atoms with Crippen molar-refractivity contribution in [3.63, 3.8) is 0 Å². The number of rotatable bonds is 7. The van der Waals surface area contributed by atoms with Gasteiger partial charge < -0.3 is 15.0 Å². The van der Waals surface area contributed by atoms with E-state index in [2.05, 4.69) is 15.1 Å². The molecular weight excluding hydrogens is 379 g/mol. The van der Waals surface area contributed by atoms with Gasteiger partial charge in [-0.05, 0) is 24.3 Å². The molecule has 1 N–H and O–H groups in total. The van der Waals surface area contributed by atoms with Crippen molar-refractivity contribution in [2.45, 2.75) is 20.0 Å². The van der Waals surface area contributed by atoms with Gasteiger partial charge in [0.05, 0.1) is 18.1 Å². The number of ether oxygens (including phenoxy) is 1. The van der Waals surface area contributed by atoms with E-state index in [9.17, 15) is 9.18 Å². The number of thiocarbonyl (C=S) groups is 1. The third-order valence-electron chi connectivity index (χ3n) is 5.20. The fourth-order valence-corrected chi connectivity index (χ4v) is 3.53. The summed E-state index contributed by atoms with van der Waals surface area (Å²) in [6.45, 7) is 8.84. The third kappa shape index (κ3) is 5.11. The smallest absolute Gasteiger partial charge is 0.414 e. The first-order valence-electron chi connectivity index (χ1n) is 9.87. The van der Waals surface area contributed by atoms with Gasteiger partial charge >= 0.3 is 6.09 Å². The van der Waals surface area contributed by atoms with Crippen LogP contribution in [0, 0.1) is 5.92 Å². The van der Waals surface area contributed by atoms with Gasteiger partial charge in [-0.1, -0.05) is 26.1 Å². The van der Waals surface area contributed by atoms with Gasteiger partial charge in [0.2, 0.25) is 0 Å². The van der Waals surface area contributed by atoms with Crippen LogP contribution >= 0.6 is 12.2 Å². The molecule has 0 saturated carbocycles. The second kappa shape index (κ2) is 9.52. The standard InChI is InChI=1S/C20H29FN4O2S/c1-15(2)19(28)22-13-18-14-25(20(26)27-18)17-5-3-16(4-6-17)24-11-9-23(8-7-21)10-12-24/h3-6,15,18H,7-14H2,1-2H3,(H,22,28)/t18-/m0/s1. The molecule has 154 valence electrons. The van der Waals surface area contributed by atoms with E-state index in [0.717, 1.165) is 42.5 Å². The highest BCUT2D eigenvalue weighted by Gasteiger charge is 2.32. The van der Waals surface area contributed by atoms with Gasteiger partial charge in [0, 0.05) is 50.0 Å². The molecule has 6 nitrogen and oxygen atoms in total. The molecule has 2 aliphatic heterocycles. The molecule has 0 unspecified atom stereocenters. The number of nitrogens with one attached hydrogen (secondary N) is 1. The molecule has 1 aromatic rings. The molecule has 1 atom stereocenters. The second-order valence-corrected chi connectivity index (χ2v) is 7.99. The van der Waals surface area contributed by atoms with Crippen LogP contribution in [-0.4, -0.2) is 74.6 Å². The summed E-state index contributed by atoms with van der Waals surface area (Å²) in [5, 5.41) is 3.17. The maximum atomic E-state index is 12.5. The fourth-order valence-electron chi connectivity index (χ4n) is 3.45. The Bertz CT molecular complexity index is 677. The minimum absolute atomic E-state index is 0.215. The molecule has 1 aromatic carbocycles. The van der Waals surface area contributed by atoms with Crippen molar-refractivity contribution in [2.24, 2.45) is 5.92 Å². The lowest BCUT2D eigenvalue weighted by molar-refractivity contribution is 0.143. The van der Waals surface area contributed by atoms with E-state index in [1.165, 1.54) is 0 Å². The van der Waals surface area contributed by atoms with E-state index in [1.54, 1.807) is 4.90 Å². The molecule has 2 heterocycles. The van der Waals surface area contributed by atoms with Gasteiger partial charge in [-0.25, -0.2) is 9.18 Å². The number of piperazine rings is 1. The van der Waals surface area contributed by atoms with E-state index in [-0.39, 0.29) is 24.8 Å². The highest BCUT2D eigenvalue weighted by Crippen LogP contribution is 2.25. The minimum atomic E-state index is -0.324. The Morgan fingerprint density at radius 3 is 2.46 bits per heavy atom. The summed E-state index contributed by atoms with van der Waals surface area (Å²) in [6.07, 6.45) is -0.540. The summed E-state index contributed by atoms with van der Waals surface area (Å²) in [4.78, 5) is 19.1. The van der Waals surface area contributed by atoms with Crippen LogP contribution in [0.3, 0.4) is 0 Å². The molecular formula is C20H29FN4O2S. The van der Waals surface area contributed by atoms with Crippen molar-refractivity contribution >= 4 is 34.7 Å². The van der Waals surface area contributed by atoms with E-state index in [1.807, 2.05) is 38.1 Å². The average molecular weight is 409 g/mol. The van der Waals surface area contributed by atoms with Crippen LogP contribution in [0.25, 0.3) is 0 Å². The number of alkyl halides is 1. The first kappa shape index (κ1) is 20.8. The van der Waals surface area contributed by atoms with Crippen LogP contribution in [0.15, 0.2) is 24.3 Å². The molecule has 1 amide bonds. The monoisotopic (exact) mass is 408 g/mol. The lowest BCUT2D eigenvalue weighted by Gasteiger charge is -2.35. The van der Waals surface area contributed by atoms with Gasteiger partial charge in [0.1, 0.15) is 12.8 Å². The van der Waals surface area contributed by atoms with Crippen LogP contribution in [0.5, 0.6) is 0 Å². The predicted molar refractivity (Wildman–Crippen MR) is 114 cm³/mol. The number of cyclic esters (lactones) is 1. The number of nitrogens with zero attached hydrogens (tertiary/aromatic N) is 3. The molecule has 2 saturated heterocycles. The molecule has 0 aromatic heterocycles. The number of benzene rings is 1. The molecule has 28 heavy (non-hydrogen) atoms. The Morgan fingerprint density at radius 2 is 1.86 bits per heavy atom. The molecule has 2 fully saturated rings. The fraction of sp³-hybridized carbons (Fsp3) is 0.600. The van der Waals surface area contributed by atoms with Crippen LogP contribution in [0.1, 0.15) is 13.8 Å². The summed E-state index contributed by atoms with van der Waals surface area (Å²) in [5.74, 6) is 0.273. The van der Waals surface area contributed by atoms with Crippen molar-refractivity contribution in [2.75, 3.05) is 62.3 Å². The minimum Gasteiger partial charge on any atom is -0.442 e.